The number of benzene rings is 1. The second-order valence-corrected chi connectivity index (χ2v) is 4.02. The summed E-state index contributed by atoms with van der Waals surface area (Å²) in [5.41, 5.74) is 1.70. The first kappa shape index (κ1) is 11.2. The van der Waals surface area contributed by atoms with Gasteiger partial charge in [0.1, 0.15) is 5.82 Å². The van der Waals surface area contributed by atoms with E-state index in [-0.39, 0.29) is 11.7 Å². The zero-order valence-corrected chi connectivity index (χ0v) is 9.45. The maximum absolute atomic E-state index is 13.6. The molecular formula is C13H12ClFO. The molecule has 0 bridgehead atoms. The summed E-state index contributed by atoms with van der Waals surface area (Å²) >= 11 is 5.89. The van der Waals surface area contributed by atoms with Crippen LogP contribution in [0.3, 0.4) is 0 Å². The molecule has 0 saturated carbocycles. The van der Waals surface area contributed by atoms with Crippen LogP contribution in [-0.2, 0) is 6.42 Å². The van der Waals surface area contributed by atoms with E-state index in [1.54, 1.807) is 24.7 Å². The van der Waals surface area contributed by atoms with Gasteiger partial charge in [0.15, 0.2) is 0 Å². The second-order valence-electron chi connectivity index (χ2n) is 3.71. The summed E-state index contributed by atoms with van der Waals surface area (Å²) in [5.74, 6) is 0.184. The van der Waals surface area contributed by atoms with E-state index in [1.165, 1.54) is 6.07 Å². The Bertz CT molecular complexity index is 439. The first-order valence-corrected chi connectivity index (χ1v) is 5.66. The Kier molecular flexibility index (Phi) is 3.62. The van der Waals surface area contributed by atoms with Crippen molar-refractivity contribution in [3.05, 3.63) is 59.8 Å². The van der Waals surface area contributed by atoms with Gasteiger partial charge in [-0.15, -0.1) is 11.6 Å². The summed E-state index contributed by atoms with van der Waals surface area (Å²) in [6.07, 6.45) is 3.98. The van der Waals surface area contributed by atoms with Crippen LogP contribution >= 0.6 is 11.6 Å². The molecule has 0 aliphatic heterocycles. The third-order valence-corrected chi connectivity index (χ3v) is 2.97. The van der Waals surface area contributed by atoms with Crippen molar-refractivity contribution >= 4 is 11.6 Å². The molecule has 1 nitrogen and oxygen atoms in total. The van der Waals surface area contributed by atoms with E-state index in [1.807, 2.05) is 12.1 Å². The zero-order chi connectivity index (χ0) is 11.4. The second kappa shape index (κ2) is 5.17. The van der Waals surface area contributed by atoms with Gasteiger partial charge in [-0.05, 0) is 29.7 Å². The smallest absolute Gasteiger partial charge is 0.126 e. The highest BCUT2D eigenvalue weighted by molar-refractivity contribution is 6.18. The van der Waals surface area contributed by atoms with Gasteiger partial charge in [-0.25, -0.2) is 4.39 Å². The highest BCUT2D eigenvalue weighted by Crippen LogP contribution is 2.24. The molecule has 1 unspecified atom stereocenters. The molecule has 0 N–H and O–H groups in total. The molecule has 1 heterocycles. The molecular weight excluding hydrogens is 227 g/mol. The molecule has 0 radical (unpaired) electrons. The largest absolute Gasteiger partial charge is 0.472 e. The Morgan fingerprint density at radius 2 is 2.06 bits per heavy atom. The van der Waals surface area contributed by atoms with Crippen LogP contribution in [-0.4, -0.2) is 5.88 Å². The van der Waals surface area contributed by atoms with Gasteiger partial charge in [0.05, 0.1) is 12.5 Å². The molecule has 16 heavy (non-hydrogen) atoms. The average molecular weight is 239 g/mol. The summed E-state index contributed by atoms with van der Waals surface area (Å²) in [6.45, 7) is 0. The van der Waals surface area contributed by atoms with Crippen LogP contribution in [0.1, 0.15) is 17.0 Å². The van der Waals surface area contributed by atoms with Gasteiger partial charge in [-0.3, -0.25) is 0 Å². The lowest BCUT2D eigenvalue weighted by atomic mass is 9.94. The van der Waals surface area contributed by atoms with Crippen molar-refractivity contribution < 1.29 is 8.81 Å². The first-order valence-electron chi connectivity index (χ1n) is 5.12. The maximum Gasteiger partial charge on any atom is 0.126 e. The summed E-state index contributed by atoms with van der Waals surface area (Å²) in [6, 6.07) is 8.63. The lowest BCUT2D eigenvalue weighted by molar-refractivity contribution is 0.559. The highest BCUT2D eigenvalue weighted by Gasteiger charge is 2.15. The SMILES string of the molecule is Fc1ccccc1C(CCl)Cc1ccoc1. The monoisotopic (exact) mass is 238 g/mol. The van der Waals surface area contributed by atoms with Crippen LogP contribution in [0.25, 0.3) is 0 Å². The molecule has 1 aromatic carbocycles. The van der Waals surface area contributed by atoms with E-state index in [2.05, 4.69) is 0 Å². The van der Waals surface area contributed by atoms with Crippen molar-refractivity contribution in [2.45, 2.75) is 12.3 Å². The van der Waals surface area contributed by atoms with Crippen LogP contribution in [0.4, 0.5) is 4.39 Å². The van der Waals surface area contributed by atoms with Gasteiger partial charge in [0, 0.05) is 11.8 Å². The van der Waals surface area contributed by atoms with Crippen LogP contribution < -0.4 is 0 Å². The van der Waals surface area contributed by atoms with Crippen molar-refractivity contribution in [3.8, 4) is 0 Å². The Balaban J connectivity index is 2.20. The maximum atomic E-state index is 13.6. The lowest BCUT2D eigenvalue weighted by Gasteiger charge is -2.13. The first-order chi connectivity index (χ1) is 7.81. The molecule has 0 aliphatic rings. The van der Waals surface area contributed by atoms with Crippen molar-refractivity contribution in [1.29, 1.82) is 0 Å². The zero-order valence-electron chi connectivity index (χ0n) is 8.70. The average Bonchev–Trinajstić information content (AvgIpc) is 2.80. The van der Waals surface area contributed by atoms with E-state index in [9.17, 15) is 4.39 Å². The predicted octanol–water partition coefficient (Wildman–Crippen LogP) is 3.98. The minimum absolute atomic E-state index is 0.0135. The highest BCUT2D eigenvalue weighted by atomic mass is 35.5. The van der Waals surface area contributed by atoms with Crippen LogP contribution in [0.5, 0.6) is 0 Å². The fraction of sp³-hybridized carbons (Fsp3) is 0.231. The van der Waals surface area contributed by atoms with Gasteiger partial charge >= 0.3 is 0 Å². The molecule has 0 fully saturated rings. The minimum atomic E-state index is -0.198. The number of rotatable bonds is 4. The standard InChI is InChI=1S/C13H12ClFO/c14-8-11(7-10-5-6-16-9-10)12-3-1-2-4-13(12)15/h1-6,9,11H,7-8H2. The Morgan fingerprint density at radius 3 is 2.69 bits per heavy atom. The summed E-state index contributed by atoms with van der Waals surface area (Å²) < 4.78 is 18.6. The topological polar surface area (TPSA) is 13.1 Å². The number of hydrogen-bond donors (Lipinski definition) is 0. The quantitative estimate of drug-likeness (QED) is 0.735. The minimum Gasteiger partial charge on any atom is -0.472 e. The number of hydrogen-bond acceptors (Lipinski definition) is 1. The molecule has 2 rings (SSSR count). The predicted molar refractivity (Wildman–Crippen MR) is 62.3 cm³/mol. The van der Waals surface area contributed by atoms with Crippen molar-refractivity contribution in [2.75, 3.05) is 5.88 Å². The van der Waals surface area contributed by atoms with Crippen LogP contribution in [0.2, 0.25) is 0 Å². The summed E-state index contributed by atoms with van der Waals surface area (Å²) in [4.78, 5) is 0. The summed E-state index contributed by atoms with van der Waals surface area (Å²) in [7, 11) is 0. The van der Waals surface area contributed by atoms with E-state index in [0.717, 1.165) is 5.56 Å². The molecule has 0 aliphatic carbocycles. The fourth-order valence-electron chi connectivity index (χ4n) is 1.75. The molecule has 1 aromatic heterocycles. The Labute approximate surface area is 98.8 Å². The molecule has 84 valence electrons. The normalized spacial score (nSPS) is 12.6. The van der Waals surface area contributed by atoms with Crippen LogP contribution in [0.15, 0.2) is 47.3 Å². The van der Waals surface area contributed by atoms with Crippen molar-refractivity contribution in [1.82, 2.24) is 0 Å². The van der Waals surface area contributed by atoms with E-state index in [4.69, 9.17) is 16.0 Å². The molecule has 1 atom stereocenters. The molecule has 0 amide bonds. The third kappa shape index (κ3) is 2.45. The van der Waals surface area contributed by atoms with E-state index < -0.39 is 0 Å². The van der Waals surface area contributed by atoms with Crippen molar-refractivity contribution in [3.63, 3.8) is 0 Å². The number of halogens is 2. The van der Waals surface area contributed by atoms with Crippen molar-refractivity contribution in [2.24, 2.45) is 0 Å². The Morgan fingerprint density at radius 1 is 1.25 bits per heavy atom. The lowest BCUT2D eigenvalue weighted by Crippen LogP contribution is -2.06. The van der Waals surface area contributed by atoms with Gasteiger partial charge in [0.2, 0.25) is 0 Å². The third-order valence-electron chi connectivity index (χ3n) is 2.59. The fourth-order valence-corrected chi connectivity index (χ4v) is 2.02. The van der Waals surface area contributed by atoms with Gasteiger partial charge in [-0.2, -0.15) is 0 Å². The molecule has 2 aromatic rings. The molecule has 0 spiro atoms. The molecule has 3 heteroatoms. The van der Waals surface area contributed by atoms with Crippen LogP contribution in [0, 0.1) is 5.82 Å². The summed E-state index contributed by atoms with van der Waals surface area (Å²) in [5, 5.41) is 0. The Hall–Kier alpha value is -1.28. The van der Waals surface area contributed by atoms with E-state index in [0.29, 0.717) is 17.9 Å². The van der Waals surface area contributed by atoms with E-state index >= 15 is 0 Å². The van der Waals surface area contributed by atoms with Gasteiger partial charge in [-0.1, -0.05) is 18.2 Å². The van der Waals surface area contributed by atoms with Gasteiger partial charge < -0.3 is 4.42 Å². The van der Waals surface area contributed by atoms with Gasteiger partial charge in [0.25, 0.3) is 0 Å². The molecule has 0 saturated heterocycles. The number of furan rings is 1. The number of alkyl halides is 1.